The van der Waals surface area contributed by atoms with Gasteiger partial charge in [-0.1, -0.05) is 0 Å². The third-order valence-corrected chi connectivity index (χ3v) is 3.32. The molecule has 5 heteroatoms. The molecule has 1 saturated carbocycles. The van der Waals surface area contributed by atoms with Gasteiger partial charge in [0.2, 0.25) is 0 Å². The smallest absolute Gasteiger partial charge is 0.303 e. The van der Waals surface area contributed by atoms with Gasteiger partial charge in [0.15, 0.2) is 0 Å². The van der Waals surface area contributed by atoms with E-state index < -0.39 is 12.1 Å². The van der Waals surface area contributed by atoms with Crippen molar-refractivity contribution in [1.29, 1.82) is 0 Å². The Morgan fingerprint density at radius 3 is 2.39 bits per heavy atom. The first-order chi connectivity index (χ1) is 8.49. The third-order valence-electron chi connectivity index (χ3n) is 3.32. The van der Waals surface area contributed by atoms with E-state index in [1.807, 2.05) is 0 Å². The molecule has 0 heterocycles. The maximum atomic E-state index is 11.5. The summed E-state index contributed by atoms with van der Waals surface area (Å²) in [6.45, 7) is 0. The van der Waals surface area contributed by atoms with E-state index in [9.17, 15) is 19.5 Å². The van der Waals surface area contributed by atoms with Gasteiger partial charge in [-0.25, -0.2) is 0 Å². The van der Waals surface area contributed by atoms with Gasteiger partial charge in [0.25, 0.3) is 0 Å². The van der Waals surface area contributed by atoms with Crippen LogP contribution < -0.4 is 0 Å². The molecule has 0 radical (unpaired) electrons. The van der Waals surface area contributed by atoms with Crippen molar-refractivity contribution in [2.75, 3.05) is 0 Å². The van der Waals surface area contributed by atoms with Gasteiger partial charge in [-0.2, -0.15) is 0 Å². The van der Waals surface area contributed by atoms with Crippen LogP contribution in [0.2, 0.25) is 0 Å². The molecule has 1 rings (SSSR count). The van der Waals surface area contributed by atoms with Crippen LogP contribution in [0.1, 0.15) is 51.4 Å². The van der Waals surface area contributed by atoms with Gasteiger partial charge in [-0.15, -0.1) is 0 Å². The Bertz CT molecular complexity index is 323. The molecule has 18 heavy (non-hydrogen) atoms. The third kappa shape index (κ3) is 5.40. The van der Waals surface area contributed by atoms with Gasteiger partial charge in [0.1, 0.15) is 11.6 Å². The van der Waals surface area contributed by atoms with Gasteiger partial charge in [0.05, 0.1) is 6.10 Å². The Kier molecular flexibility index (Phi) is 5.98. The zero-order valence-corrected chi connectivity index (χ0v) is 10.4. The van der Waals surface area contributed by atoms with Crippen LogP contribution in [0.3, 0.4) is 0 Å². The second kappa shape index (κ2) is 7.26. The van der Waals surface area contributed by atoms with Crippen molar-refractivity contribution in [3.8, 4) is 0 Å². The molecule has 0 aromatic heterocycles. The molecular weight excluding hydrogens is 236 g/mol. The average Bonchev–Trinajstić information content (AvgIpc) is 2.60. The molecule has 2 N–H and O–H groups in total. The molecule has 0 saturated heterocycles. The number of carboxylic acids is 1. The summed E-state index contributed by atoms with van der Waals surface area (Å²) in [6.07, 6.45) is 2.63. The van der Waals surface area contributed by atoms with Crippen LogP contribution >= 0.6 is 0 Å². The first-order valence-corrected chi connectivity index (χ1v) is 6.43. The van der Waals surface area contributed by atoms with E-state index >= 15 is 0 Å². The van der Waals surface area contributed by atoms with E-state index in [1.165, 1.54) is 0 Å². The highest BCUT2D eigenvalue weighted by atomic mass is 16.4. The number of aliphatic hydroxyl groups excluding tert-OH is 1. The Morgan fingerprint density at radius 1 is 1.17 bits per heavy atom. The second-order valence-electron chi connectivity index (χ2n) is 4.94. The van der Waals surface area contributed by atoms with Crippen LogP contribution in [0, 0.1) is 5.92 Å². The van der Waals surface area contributed by atoms with E-state index in [0.717, 1.165) is 0 Å². The van der Waals surface area contributed by atoms with E-state index in [2.05, 4.69) is 0 Å². The topological polar surface area (TPSA) is 91.7 Å². The minimum Gasteiger partial charge on any atom is -0.481 e. The van der Waals surface area contributed by atoms with Crippen molar-refractivity contribution in [2.24, 2.45) is 5.92 Å². The first kappa shape index (κ1) is 14.8. The van der Waals surface area contributed by atoms with Crippen molar-refractivity contribution >= 4 is 17.5 Å². The van der Waals surface area contributed by atoms with E-state index in [0.29, 0.717) is 38.5 Å². The number of unbranched alkanes of at least 4 members (excludes halogenated alkanes) is 1. The summed E-state index contributed by atoms with van der Waals surface area (Å²) in [6, 6.07) is 0. The molecule has 2 atom stereocenters. The fraction of sp³-hybridized carbons (Fsp3) is 0.769. The van der Waals surface area contributed by atoms with Crippen molar-refractivity contribution in [2.45, 2.75) is 57.5 Å². The summed E-state index contributed by atoms with van der Waals surface area (Å²) in [5.41, 5.74) is 0. The number of carboxylic acid groups (broad SMARTS) is 1. The molecule has 0 aliphatic heterocycles. The highest BCUT2D eigenvalue weighted by Crippen LogP contribution is 2.26. The summed E-state index contributed by atoms with van der Waals surface area (Å²) in [5.74, 6) is -0.869. The maximum Gasteiger partial charge on any atom is 0.303 e. The SMILES string of the molecule is O=C(O)CCCCC(=O)CCC1C[C@@H](O)CC1=O. The Morgan fingerprint density at radius 2 is 1.83 bits per heavy atom. The quantitative estimate of drug-likeness (QED) is 0.639. The average molecular weight is 256 g/mol. The number of aliphatic carboxylic acids is 1. The van der Waals surface area contributed by atoms with Crippen LogP contribution in [0.15, 0.2) is 0 Å². The highest BCUT2D eigenvalue weighted by molar-refractivity contribution is 5.85. The summed E-state index contributed by atoms with van der Waals surface area (Å²) in [5, 5.41) is 17.7. The summed E-state index contributed by atoms with van der Waals surface area (Å²) < 4.78 is 0. The molecule has 0 bridgehead atoms. The maximum absolute atomic E-state index is 11.5. The number of hydrogen-bond donors (Lipinski definition) is 2. The van der Waals surface area contributed by atoms with Gasteiger partial charge < -0.3 is 10.2 Å². The number of ketones is 2. The zero-order chi connectivity index (χ0) is 13.5. The van der Waals surface area contributed by atoms with Crippen molar-refractivity contribution < 1.29 is 24.6 Å². The van der Waals surface area contributed by atoms with Gasteiger partial charge in [-0.3, -0.25) is 14.4 Å². The van der Waals surface area contributed by atoms with Crippen molar-refractivity contribution in [3.63, 3.8) is 0 Å². The lowest BCUT2D eigenvalue weighted by atomic mass is 9.97. The van der Waals surface area contributed by atoms with Crippen LogP contribution in [0.25, 0.3) is 0 Å². The van der Waals surface area contributed by atoms with E-state index in [4.69, 9.17) is 5.11 Å². The van der Waals surface area contributed by atoms with E-state index in [1.54, 1.807) is 0 Å². The molecule has 0 amide bonds. The highest BCUT2D eigenvalue weighted by Gasteiger charge is 2.30. The Hall–Kier alpha value is -1.23. The largest absolute Gasteiger partial charge is 0.481 e. The molecule has 1 aliphatic rings. The van der Waals surface area contributed by atoms with Crippen molar-refractivity contribution in [3.05, 3.63) is 0 Å². The number of carbonyl (C=O) groups excluding carboxylic acids is 2. The molecule has 1 aliphatic carbocycles. The monoisotopic (exact) mass is 256 g/mol. The van der Waals surface area contributed by atoms with Crippen LogP contribution in [0.4, 0.5) is 0 Å². The second-order valence-corrected chi connectivity index (χ2v) is 4.94. The summed E-state index contributed by atoms with van der Waals surface area (Å²) in [7, 11) is 0. The van der Waals surface area contributed by atoms with Crippen molar-refractivity contribution in [1.82, 2.24) is 0 Å². The lowest BCUT2D eigenvalue weighted by Gasteiger charge is -2.06. The minimum atomic E-state index is -0.840. The van der Waals surface area contributed by atoms with Crippen LogP contribution in [-0.2, 0) is 14.4 Å². The number of hydrogen-bond acceptors (Lipinski definition) is 4. The van der Waals surface area contributed by atoms with E-state index in [-0.39, 0.29) is 30.3 Å². The molecule has 0 aromatic carbocycles. The number of Topliss-reactive ketones (excluding diaryl/α,β-unsaturated/α-hetero) is 2. The summed E-state index contributed by atoms with van der Waals surface area (Å²) in [4.78, 5) is 33.2. The normalized spacial score (nSPS) is 23.3. The first-order valence-electron chi connectivity index (χ1n) is 6.43. The molecule has 0 spiro atoms. The molecular formula is C13H20O5. The number of carbonyl (C=O) groups is 3. The lowest BCUT2D eigenvalue weighted by Crippen LogP contribution is -2.09. The van der Waals surface area contributed by atoms with Gasteiger partial charge in [0, 0.05) is 31.6 Å². The predicted octanol–water partition coefficient (Wildman–Crippen LogP) is 1.32. The lowest BCUT2D eigenvalue weighted by molar-refractivity contribution is -0.137. The zero-order valence-electron chi connectivity index (χ0n) is 10.4. The molecule has 1 unspecified atom stereocenters. The number of rotatable bonds is 8. The number of aliphatic hydroxyl groups is 1. The minimum absolute atomic E-state index is 0.0566. The van der Waals surface area contributed by atoms with Crippen LogP contribution in [0.5, 0.6) is 0 Å². The fourth-order valence-electron chi connectivity index (χ4n) is 2.28. The Balaban J connectivity index is 2.10. The van der Waals surface area contributed by atoms with Gasteiger partial charge >= 0.3 is 5.97 Å². The molecule has 5 nitrogen and oxygen atoms in total. The predicted molar refractivity (Wildman–Crippen MR) is 64.1 cm³/mol. The fourth-order valence-corrected chi connectivity index (χ4v) is 2.28. The summed E-state index contributed by atoms with van der Waals surface area (Å²) >= 11 is 0. The Labute approximate surface area is 106 Å². The molecule has 0 aromatic rings. The molecule has 1 fully saturated rings. The molecule has 102 valence electrons. The van der Waals surface area contributed by atoms with Crippen LogP contribution in [-0.4, -0.2) is 33.9 Å². The standard InChI is InChI=1S/C13H20O5/c14-10(3-1-2-4-13(17)18)6-5-9-7-11(15)8-12(9)16/h9,11,15H,1-8H2,(H,17,18)/t9?,11-/m1/s1. The van der Waals surface area contributed by atoms with Gasteiger partial charge in [-0.05, 0) is 25.7 Å².